The molecule has 0 spiro atoms. The molecule has 0 saturated carbocycles. The Bertz CT molecular complexity index is 1460. The SMILES string of the molecule is COc1ccc(C2C(C(=O)Nc3ccccc3C)=C(C)Nc3nc(SCc4ccc(Cl)cc4)nn32)cc1. The zero-order valence-electron chi connectivity index (χ0n) is 20.7. The number of aryl methyl sites for hydroxylation is 1. The van der Waals surface area contributed by atoms with Crippen LogP contribution in [0.5, 0.6) is 5.75 Å². The van der Waals surface area contributed by atoms with Crippen molar-refractivity contribution in [2.45, 2.75) is 30.8 Å². The van der Waals surface area contributed by atoms with Crippen molar-refractivity contribution in [3.8, 4) is 5.75 Å². The number of para-hydroxylation sites is 1. The van der Waals surface area contributed by atoms with Gasteiger partial charge in [-0.15, -0.1) is 5.10 Å². The van der Waals surface area contributed by atoms with Gasteiger partial charge in [0.05, 0.1) is 12.7 Å². The minimum Gasteiger partial charge on any atom is -0.497 e. The molecule has 1 atom stereocenters. The van der Waals surface area contributed by atoms with Crippen molar-refractivity contribution in [2.75, 3.05) is 17.7 Å². The van der Waals surface area contributed by atoms with E-state index in [0.717, 1.165) is 33.8 Å². The van der Waals surface area contributed by atoms with Gasteiger partial charge in [0, 0.05) is 22.2 Å². The molecule has 4 aromatic rings. The van der Waals surface area contributed by atoms with E-state index in [1.54, 1.807) is 11.8 Å². The van der Waals surface area contributed by atoms with Crippen LogP contribution in [-0.4, -0.2) is 27.8 Å². The number of hydrogen-bond donors (Lipinski definition) is 2. The Labute approximate surface area is 224 Å². The van der Waals surface area contributed by atoms with Crippen molar-refractivity contribution in [1.29, 1.82) is 0 Å². The molecular weight excluding hydrogens is 506 g/mol. The van der Waals surface area contributed by atoms with Crippen LogP contribution in [0.25, 0.3) is 0 Å². The molecule has 188 valence electrons. The van der Waals surface area contributed by atoms with Crippen molar-refractivity contribution in [3.63, 3.8) is 0 Å². The van der Waals surface area contributed by atoms with Crippen molar-refractivity contribution >= 4 is 40.9 Å². The van der Waals surface area contributed by atoms with Crippen LogP contribution < -0.4 is 15.4 Å². The smallest absolute Gasteiger partial charge is 0.255 e. The molecule has 9 heteroatoms. The third-order valence-electron chi connectivity index (χ3n) is 6.18. The molecule has 2 N–H and O–H groups in total. The Balaban J connectivity index is 1.49. The number of amides is 1. The number of allylic oxidation sites excluding steroid dienone is 1. The first-order valence-electron chi connectivity index (χ1n) is 11.8. The van der Waals surface area contributed by atoms with Crippen LogP contribution in [0.1, 0.15) is 29.7 Å². The lowest BCUT2D eigenvalue weighted by Gasteiger charge is -2.29. The number of halogens is 1. The van der Waals surface area contributed by atoms with Gasteiger partial charge >= 0.3 is 0 Å². The molecule has 2 heterocycles. The molecule has 1 aliphatic heterocycles. The highest BCUT2D eigenvalue weighted by atomic mass is 35.5. The van der Waals surface area contributed by atoms with E-state index >= 15 is 0 Å². The average molecular weight is 532 g/mol. The maximum absolute atomic E-state index is 13.7. The summed E-state index contributed by atoms with van der Waals surface area (Å²) in [6, 6.07) is 22.7. The standard InChI is InChI=1S/C28H26ClN5O2S/c1-17-6-4-5-7-23(17)31-26(35)24-18(2)30-27-32-28(37-16-19-8-12-21(29)13-9-19)33-34(27)25(24)20-10-14-22(36-3)15-11-20/h4-15,25H,16H2,1-3H3,(H,31,35)(H,30,32,33). The first-order chi connectivity index (χ1) is 17.9. The number of nitrogens with zero attached hydrogens (tertiary/aromatic N) is 3. The molecule has 1 amide bonds. The summed E-state index contributed by atoms with van der Waals surface area (Å²) in [5.41, 5.74) is 5.07. The van der Waals surface area contributed by atoms with E-state index in [2.05, 4.69) is 10.6 Å². The highest BCUT2D eigenvalue weighted by molar-refractivity contribution is 7.98. The van der Waals surface area contributed by atoms with Crippen LogP contribution in [-0.2, 0) is 10.5 Å². The number of rotatable bonds is 7. The summed E-state index contributed by atoms with van der Waals surface area (Å²) in [4.78, 5) is 18.4. The first-order valence-corrected chi connectivity index (χ1v) is 13.1. The third-order valence-corrected chi connectivity index (χ3v) is 7.34. The Morgan fingerprint density at radius 2 is 1.81 bits per heavy atom. The topological polar surface area (TPSA) is 81.1 Å². The molecule has 1 aliphatic rings. The van der Waals surface area contributed by atoms with Gasteiger partial charge in [0.25, 0.3) is 5.91 Å². The number of hydrogen-bond acceptors (Lipinski definition) is 6. The summed E-state index contributed by atoms with van der Waals surface area (Å²) in [6.45, 7) is 3.86. The zero-order chi connectivity index (χ0) is 25.9. The van der Waals surface area contributed by atoms with Gasteiger partial charge in [-0.3, -0.25) is 4.79 Å². The van der Waals surface area contributed by atoms with Crippen LogP contribution in [0, 0.1) is 6.92 Å². The van der Waals surface area contributed by atoms with E-state index in [4.69, 9.17) is 26.4 Å². The molecule has 37 heavy (non-hydrogen) atoms. The van der Waals surface area contributed by atoms with Crippen molar-refractivity contribution < 1.29 is 9.53 Å². The van der Waals surface area contributed by atoms with Crippen LogP contribution in [0.4, 0.5) is 11.6 Å². The number of aromatic nitrogens is 3. The van der Waals surface area contributed by atoms with Crippen molar-refractivity contribution in [2.24, 2.45) is 0 Å². The van der Waals surface area contributed by atoms with E-state index in [1.807, 2.05) is 86.6 Å². The average Bonchev–Trinajstić information content (AvgIpc) is 3.31. The van der Waals surface area contributed by atoms with Crippen LogP contribution in [0.3, 0.4) is 0 Å². The summed E-state index contributed by atoms with van der Waals surface area (Å²) in [6.07, 6.45) is 0. The normalized spacial score (nSPS) is 14.6. The van der Waals surface area contributed by atoms with Gasteiger partial charge in [-0.05, 0) is 60.9 Å². The monoisotopic (exact) mass is 531 g/mol. The summed E-state index contributed by atoms with van der Waals surface area (Å²) in [7, 11) is 1.63. The number of carbonyl (C=O) groups excluding carboxylic acids is 1. The van der Waals surface area contributed by atoms with Gasteiger partial charge < -0.3 is 15.4 Å². The minimum absolute atomic E-state index is 0.198. The maximum atomic E-state index is 13.7. The van der Waals surface area contributed by atoms with Crippen LogP contribution in [0.2, 0.25) is 5.02 Å². The van der Waals surface area contributed by atoms with E-state index in [1.165, 1.54) is 11.8 Å². The predicted octanol–water partition coefficient (Wildman–Crippen LogP) is 6.47. The molecule has 0 aliphatic carbocycles. The number of nitrogens with one attached hydrogen (secondary N) is 2. The van der Waals surface area contributed by atoms with Crippen LogP contribution >= 0.6 is 23.4 Å². The quantitative estimate of drug-likeness (QED) is 0.266. The molecule has 1 aromatic heterocycles. The second-order valence-electron chi connectivity index (χ2n) is 8.69. The number of thioether (sulfide) groups is 1. The second-order valence-corrected chi connectivity index (χ2v) is 10.1. The Morgan fingerprint density at radius 3 is 2.51 bits per heavy atom. The van der Waals surface area contributed by atoms with E-state index < -0.39 is 6.04 Å². The fourth-order valence-corrected chi connectivity index (χ4v) is 5.12. The molecular formula is C28H26ClN5O2S. The number of ether oxygens (including phenoxy) is 1. The van der Waals surface area contributed by atoms with Crippen molar-refractivity contribution in [1.82, 2.24) is 14.8 Å². The number of benzene rings is 3. The summed E-state index contributed by atoms with van der Waals surface area (Å²) >= 11 is 7.54. The van der Waals surface area contributed by atoms with Gasteiger partial charge in [-0.1, -0.05) is 65.8 Å². The predicted molar refractivity (Wildman–Crippen MR) is 148 cm³/mol. The molecule has 5 rings (SSSR count). The van der Waals surface area contributed by atoms with Gasteiger partial charge in [-0.25, -0.2) is 4.68 Å². The fraction of sp³-hybridized carbons (Fsp3) is 0.179. The molecule has 3 aromatic carbocycles. The van der Waals surface area contributed by atoms with Gasteiger partial charge in [0.15, 0.2) is 0 Å². The van der Waals surface area contributed by atoms with E-state index in [0.29, 0.717) is 27.5 Å². The lowest BCUT2D eigenvalue weighted by atomic mass is 9.95. The molecule has 0 saturated heterocycles. The van der Waals surface area contributed by atoms with Gasteiger partial charge in [0.1, 0.15) is 11.8 Å². The van der Waals surface area contributed by atoms with Gasteiger partial charge in [-0.2, -0.15) is 4.98 Å². The molecule has 0 radical (unpaired) electrons. The largest absolute Gasteiger partial charge is 0.497 e. The number of fused-ring (bicyclic) bond motifs is 1. The van der Waals surface area contributed by atoms with Gasteiger partial charge in [0.2, 0.25) is 11.1 Å². The Hall–Kier alpha value is -3.75. The van der Waals surface area contributed by atoms with E-state index in [9.17, 15) is 4.79 Å². The summed E-state index contributed by atoms with van der Waals surface area (Å²) < 4.78 is 7.13. The molecule has 0 fully saturated rings. The Kier molecular flexibility index (Phi) is 7.21. The first kappa shape index (κ1) is 24.9. The number of anilines is 2. The molecule has 0 bridgehead atoms. The lowest BCUT2D eigenvalue weighted by molar-refractivity contribution is -0.113. The summed E-state index contributed by atoms with van der Waals surface area (Å²) in [5.74, 6) is 1.82. The lowest BCUT2D eigenvalue weighted by Crippen LogP contribution is -2.31. The second kappa shape index (κ2) is 10.7. The zero-order valence-corrected chi connectivity index (χ0v) is 22.2. The highest BCUT2D eigenvalue weighted by Gasteiger charge is 2.34. The molecule has 1 unspecified atom stereocenters. The van der Waals surface area contributed by atoms with Crippen LogP contribution in [0.15, 0.2) is 89.2 Å². The number of methoxy groups -OCH3 is 1. The molecule has 7 nitrogen and oxygen atoms in total. The highest BCUT2D eigenvalue weighted by Crippen LogP contribution is 2.37. The maximum Gasteiger partial charge on any atom is 0.255 e. The fourth-order valence-electron chi connectivity index (χ4n) is 4.21. The number of carbonyl (C=O) groups is 1. The minimum atomic E-state index is -0.469. The third kappa shape index (κ3) is 5.35. The summed E-state index contributed by atoms with van der Waals surface area (Å²) in [5, 5.41) is 12.5. The van der Waals surface area contributed by atoms with Crippen molar-refractivity contribution in [3.05, 3.63) is 106 Å². The Morgan fingerprint density at radius 1 is 1.08 bits per heavy atom. The van der Waals surface area contributed by atoms with E-state index in [-0.39, 0.29) is 5.91 Å².